The lowest BCUT2D eigenvalue weighted by Gasteiger charge is -2.35. The maximum atomic E-state index is 11.1. The number of hydrogen-bond donors (Lipinski definition) is 2. The molecule has 2 N–H and O–H groups in total. The predicted octanol–water partition coefficient (Wildman–Crippen LogP) is 2.54. The van der Waals surface area contributed by atoms with Gasteiger partial charge in [0.15, 0.2) is 5.60 Å². The van der Waals surface area contributed by atoms with Crippen molar-refractivity contribution in [2.24, 2.45) is 5.92 Å². The van der Waals surface area contributed by atoms with Gasteiger partial charge in [0, 0.05) is 30.2 Å². The van der Waals surface area contributed by atoms with Crippen molar-refractivity contribution in [3.05, 3.63) is 28.8 Å². The van der Waals surface area contributed by atoms with Crippen LogP contribution in [-0.4, -0.2) is 46.4 Å². The molecule has 0 unspecified atom stereocenters. The Labute approximate surface area is 140 Å². The van der Waals surface area contributed by atoms with Crippen LogP contribution in [0.25, 0.3) is 0 Å². The van der Waals surface area contributed by atoms with Crippen molar-refractivity contribution in [3.63, 3.8) is 0 Å². The smallest absolute Gasteiger partial charge is 0.335 e. The Hall–Kier alpha value is -1.30. The molecule has 0 bridgehead atoms. The van der Waals surface area contributed by atoms with E-state index < -0.39 is 11.6 Å². The van der Waals surface area contributed by atoms with Gasteiger partial charge in [0.25, 0.3) is 0 Å². The summed E-state index contributed by atoms with van der Waals surface area (Å²) in [6.45, 7) is 2.47. The minimum Gasteiger partial charge on any atom is -0.493 e. The van der Waals surface area contributed by atoms with Crippen LogP contribution in [-0.2, 0) is 11.3 Å². The van der Waals surface area contributed by atoms with Gasteiger partial charge in [-0.2, -0.15) is 0 Å². The minimum absolute atomic E-state index is 0.237. The lowest BCUT2D eigenvalue weighted by atomic mass is 9.91. The zero-order valence-corrected chi connectivity index (χ0v) is 13.8. The Morgan fingerprint density at radius 2 is 2.04 bits per heavy atom. The maximum Gasteiger partial charge on any atom is 0.335 e. The molecule has 1 saturated carbocycles. The molecular formula is C17H22ClNO4. The molecule has 6 heteroatoms. The van der Waals surface area contributed by atoms with Crippen LogP contribution in [0, 0.1) is 5.92 Å². The quantitative estimate of drug-likeness (QED) is 0.833. The molecule has 0 amide bonds. The van der Waals surface area contributed by atoms with Crippen LogP contribution in [0.5, 0.6) is 5.75 Å². The number of carboxylic acids is 1. The molecule has 0 atom stereocenters. The number of nitrogens with zero attached hydrogens (tertiary/aromatic N) is 1. The second-order valence-electron chi connectivity index (χ2n) is 6.62. The molecule has 2 fully saturated rings. The first-order chi connectivity index (χ1) is 11.0. The third kappa shape index (κ3) is 4.16. The number of halogens is 1. The van der Waals surface area contributed by atoms with Gasteiger partial charge in [-0.15, -0.1) is 0 Å². The third-order valence-corrected chi connectivity index (χ3v) is 4.90. The number of carboxylic acid groups (broad SMARTS) is 1. The van der Waals surface area contributed by atoms with E-state index in [1.165, 1.54) is 12.8 Å². The SMILES string of the molecule is O=C(O)C1(O)CCN(Cc2cc(Cl)ccc2OCC2CC2)CC1. The van der Waals surface area contributed by atoms with Crippen molar-refractivity contribution in [1.29, 1.82) is 0 Å². The second kappa shape index (κ2) is 6.67. The largest absolute Gasteiger partial charge is 0.493 e. The molecular weight excluding hydrogens is 318 g/mol. The fraction of sp³-hybridized carbons (Fsp3) is 0.588. The number of piperidine rings is 1. The molecule has 1 saturated heterocycles. The monoisotopic (exact) mass is 339 g/mol. The first-order valence-corrected chi connectivity index (χ1v) is 8.43. The van der Waals surface area contributed by atoms with E-state index >= 15 is 0 Å². The molecule has 1 aromatic rings. The van der Waals surface area contributed by atoms with E-state index in [1.807, 2.05) is 18.2 Å². The normalized spacial score (nSPS) is 21.1. The Kier molecular flexibility index (Phi) is 4.80. The van der Waals surface area contributed by atoms with Crippen LogP contribution in [0.4, 0.5) is 0 Å². The van der Waals surface area contributed by atoms with E-state index in [0.717, 1.165) is 17.9 Å². The number of likely N-dealkylation sites (tertiary alicyclic amines) is 1. The fourth-order valence-corrected chi connectivity index (χ4v) is 3.04. The summed E-state index contributed by atoms with van der Waals surface area (Å²) >= 11 is 6.10. The molecule has 0 aromatic heterocycles. The highest BCUT2D eigenvalue weighted by Crippen LogP contribution is 2.32. The summed E-state index contributed by atoms with van der Waals surface area (Å²) in [5.74, 6) is 0.396. The van der Waals surface area contributed by atoms with Crippen molar-refractivity contribution in [1.82, 2.24) is 4.90 Å². The summed E-state index contributed by atoms with van der Waals surface area (Å²) in [6, 6.07) is 5.63. The molecule has 1 heterocycles. The summed E-state index contributed by atoms with van der Waals surface area (Å²) < 4.78 is 5.91. The summed E-state index contributed by atoms with van der Waals surface area (Å²) in [4.78, 5) is 13.2. The summed E-state index contributed by atoms with van der Waals surface area (Å²) in [6.07, 6.45) is 2.95. The summed E-state index contributed by atoms with van der Waals surface area (Å²) in [5, 5.41) is 19.8. The van der Waals surface area contributed by atoms with Gasteiger partial charge >= 0.3 is 5.97 Å². The molecule has 0 spiro atoms. The molecule has 3 rings (SSSR count). The van der Waals surface area contributed by atoms with Gasteiger partial charge in [-0.1, -0.05) is 11.6 Å². The predicted molar refractivity (Wildman–Crippen MR) is 86.8 cm³/mol. The molecule has 1 aliphatic heterocycles. The van der Waals surface area contributed by atoms with Gasteiger partial charge in [0.2, 0.25) is 0 Å². The average molecular weight is 340 g/mol. The summed E-state index contributed by atoms with van der Waals surface area (Å²) in [7, 11) is 0. The van der Waals surface area contributed by atoms with Crippen LogP contribution >= 0.6 is 11.6 Å². The van der Waals surface area contributed by atoms with Crippen LogP contribution in [0.15, 0.2) is 18.2 Å². The number of ether oxygens (including phenoxy) is 1. The fourth-order valence-electron chi connectivity index (χ4n) is 2.84. The zero-order valence-electron chi connectivity index (χ0n) is 13.0. The Bertz CT molecular complexity index is 580. The number of aliphatic carboxylic acids is 1. The van der Waals surface area contributed by atoms with Crippen molar-refractivity contribution in [2.45, 2.75) is 37.8 Å². The molecule has 23 heavy (non-hydrogen) atoms. The zero-order chi connectivity index (χ0) is 16.4. The number of hydrogen-bond acceptors (Lipinski definition) is 4. The second-order valence-corrected chi connectivity index (χ2v) is 7.06. The Morgan fingerprint density at radius 1 is 1.35 bits per heavy atom. The van der Waals surface area contributed by atoms with Crippen LogP contribution in [0.3, 0.4) is 0 Å². The van der Waals surface area contributed by atoms with Crippen molar-refractivity contribution >= 4 is 17.6 Å². The molecule has 1 aliphatic carbocycles. The lowest BCUT2D eigenvalue weighted by Crippen LogP contribution is -2.49. The number of rotatable bonds is 6. The Balaban J connectivity index is 1.63. The van der Waals surface area contributed by atoms with E-state index in [1.54, 1.807) is 0 Å². The van der Waals surface area contributed by atoms with Gasteiger partial charge in [0.05, 0.1) is 6.61 Å². The van der Waals surface area contributed by atoms with Gasteiger partial charge in [-0.05, 0) is 49.8 Å². The van der Waals surface area contributed by atoms with E-state index in [9.17, 15) is 9.90 Å². The number of aliphatic hydroxyl groups is 1. The van der Waals surface area contributed by atoms with Crippen LogP contribution < -0.4 is 4.74 Å². The van der Waals surface area contributed by atoms with Crippen molar-refractivity contribution in [3.8, 4) is 5.75 Å². The molecule has 126 valence electrons. The molecule has 0 radical (unpaired) electrons. The van der Waals surface area contributed by atoms with Gasteiger partial charge < -0.3 is 14.9 Å². The van der Waals surface area contributed by atoms with Gasteiger partial charge in [-0.3, -0.25) is 4.90 Å². The van der Waals surface area contributed by atoms with E-state index in [2.05, 4.69) is 4.90 Å². The molecule has 5 nitrogen and oxygen atoms in total. The van der Waals surface area contributed by atoms with E-state index in [4.69, 9.17) is 21.4 Å². The highest BCUT2D eigenvalue weighted by Gasteiger charge is 2.39. The topological polar surface area (TPSA) is 70.0 Å². The van der Waals surface area contributed by atoms with Gasteiger partial charge in [-0.25, -0.2) is 4.79 Å². The van der Waals surface area contributed by atoms with Crippen molar-refractivity contribution in [2.75, 3.05) is 19.7 Å². The molecule has 2 aliphatic rings. The van der Waals surface area contributed by atoms with Gasteiger partial charge in [0.1, 0.15) is 5.75 Å². The highest BCUT2D eigenvalue weighted by atomic mass is 35.5. The lowest BCUT2D eigenvalue weighted by molar-refractivity contribution is -0.163. The Morgan fingerprint density at radius 3 is 2.65 bits per heavy atom. The maximum absolute atomic E-state index is 11.1. The average Bonchev–Trinajstić information content (AvgIpc) is 3.33. The first kappa shape index (κ1) is 16.6. The van der Waals surface area contributed by atoms with Crippen LogP contribution in [0.1, 0.15) is 31.2 Å². The van der Waals surface area contributed by atoms with E-state index in [-0.39, 0.29) is 12.8 Å². The third-order valence-electron chi connectivity index (χ3n) is 4.67. The van der Waals surface area contributed by atoms with Crippen molar-refractivity contribution < 1.29 is 19.7 Å². The van der Waals surface area contributed by atoms with Crippen LogP contribution in [0.2, 0.25) is 5.02 Å². The van der Waals surface area contributed by atoms with E-state index in [0.29, 0.717) is 30.6 Å². The standard InChI is InChI=1S/C17H22ClNO4/c18-14-3-4-15(23-11-12-1-2-12)13(9-14)10-19-7-5-17(22,6-8-19)16(20)21/h3-4,9,12,22H,1-2,5-8,10-11H2,(H,20,21). The number of benzene rings is 1. The highest BCUT2D eigenvalue weighted by molar-refractivity contribution is 6.30. The first-order valence-electron chi connectivity index (χ1n) is 8.06. The number of carbonyl (C=O) groups is 1. The minimum atomic E-state index is -1.59. The summed E-state index contributed by atoms with van der Waals surface area (Å²) in [5.41, 5.74) is -0.574. The molecule has 1 aromatic carbocycles.